The second-order valence-corrected chi connectivity index (χ2v) is 2.75. The van der Waals surface area contributed by atoms with E-state index in [4.69, 9.17) is 0 Å². The third kappa shape index (κ3) is 1.58. The molecule has 0 fully saturated rings. The zero-order valence-corrected chi connectivity index (χ0v) is 7.52. The maximum absolute atomic E-state index is 12.4. The van der Waals surface area contributed by atoms with Crippen LogP contribution in [0.3, 0.4) is 0 Å². The lowest BCUT2D eigenvalue weighted by molar-refractivity contribution is 0.614. The number of halogens is 1. The van der Waals surface area contributed by atoms with Crippen LogP contribution < -0.4 is 5.54 Å². The van der Waals surface area contributed by atoms with E-state index in [1.165, 1.54) is 0 Å². The quantitative estimate of drug-likeness (QED) is 0.682. The van der Waals surface area contributed by atoms with Crippen molar-refractivity contribution in [1.82, 2.24) is 0 Å². The van der Waals surface area contributed by atoms with Crippen LogP contribution in [0.2, 0.25) is 0 Å². The summed E-state index contributed by atoms with van der Waals surface area (Å²) in [4.78, 5) is 0. The number of benzene rings is 1. The first-order valence-corrected chi connectivity index (χ1v) is 4.30. The molecule has 1 nitrogen and oxygen atoms in total. The highest BCUT2D eigenvalue weighted by molar-refractivity contribution is 5.56. The fourth-order valence-corrected chi connectivity index (χ4v) is 1.36. The van der Waals surface area contributed by atoms with Gasteiger partial charge in [0.15, 0.2) is 0 Å². The van der Waals surface area contributed by atoms with E-state index in [9.17, 15) is 4.48 Å². The van der Waals surface area contributed by atoms with Crippen molar-refractivity contribution in [3.63, 3.8) is 0 Å². The lowest BCUT2D eigenvalue weighted by Crippen LogP contribution is -1.95. The highest BCUT2D eigenvalue weighted by Crippen LogP contribution is 2.22. The van der Waals surface area contributed by atoms with Gasteiger partial charge in [-0.25, -0.2) is 5.54 Å². The number of aryl methyl sites for hydroxylation is 2. The van der Waals surface area contributed by atoms with Crippen LogP contribution in [0.25, 0.3) is 0 Å². The van der Waals surface area contributed by atoms with Gasteiger partial charge in [-0.15, -0.1) is 4.48 Å². The van der Waals surface area contributed by atoms with Gasteiger partial charge in [-0.3, -0.25) is 0 Å². The van der Waals surface area contributed by atoms with Gasteiger partial charge in [-0.2, -0.15) is 0 Å². The Balaban J connectivity index is 3.13. The largest absolute Gasteiger partial charge is 0.224 e. The molecular formula is C10H14FN. The minimum Gasteiger partial charge on any atom is -0.224 e. The highest BCUT2D eigenvalue weighted by atomic mass is 19.2. The van der Waals surface area contributed by atoms with Gasteiger partial charge in [0.1, 0.15) is 0 Å². The van der Waals surface area contributed by atoms with Gasteiger partial charge in [-0.05, 0) is 24.0 Å². The minimum absolute atomic E-state index is 0.655. The average Bonchev–Trinajstić information content (AvgIpc) is 2.16. The Morgan fingerprint density at radius 1 is 1.17 bits per heavy atom. The van der Waals surface area contributed by atoms with Crippen LogP contribution in [0.15, 0.2) is 18.2 Å². The molecule has 0 unspecified atom stereocenters. The van der Waals surface area contributed by atoms with Crippen LogP contribution in [0.1, 0.15) is 25.0 Å². The molecule has 0 radical (unpaired) electrons. The normalized spacial score (nSPS) is 9.92. The van der Waals surface area contributed by atoms with Crippen molar-refractivity contribution in [2.24, 2.45) is 0 Å². The molecule has 0 aromatic heterocycles. The van der Waals surface area contributed by atoms with E-state index in [-0.39, 0.29) is 0 Å². The molecule has 0 saturated heterocycles. The topological polar surface area (TPSA) is 12.0 Å². The molecule has 0 amide bonds. The Morgan fingerprint density at radius 2 is 1.67 bits per heavy atom. The Hall–Kier alpha value is -1.05. The first kappa shape index (κ1) is 9.04. The number of hydrogen-bond acceptors (Lipinski definition) is 1. The summed E-state index contributed by atoms with van der Waals surface area (Å²) in [5.41, 5.74) is 4.50. The Labute approximate surface area is 72.5 Å². The van der Waals surface area contributed by atoms with Crippen molar-refractivity contribution in [1.29, 1.82) is 0 Å². The van der Waals surface area contributed by atoms with Gasteiger partial charge in [0.25, 0.3) is 0 Å². The first-order chi connectivity index (χ1) is 5.83. The van der Waals surface area contributed by atoms with Crippen molar-refractivity contribution in [3.8, 4) is 0 Å². The summed E-state index contributed by atoms with van der Waals surface area (Å²) < 4.78 is 12.4. The van der Waals surface area contributed by atoms with Gasteiger partial charge in [-0.1, -0.05) is 32.0 Å². The van der Waals surface area contributed by atoms with E-state index in [0.717, 1.165) is 24.0 Å². The van der Waals surface area contributed by atoms with Gasteiger partial charge >= 0.3 is 0 Å². The number of rotatable bonds is 3. The maximum Gasteiger partial charge on any atom is 0.0719 e. The van der Waals surface area contributed by atoms with E-state index >= 15 is 0 Å². The minimum atomic E-state index is 0.655. The zero-order valence-electron chi connectivity index (χ0n) is 7.52. The van der Waals surface area contributed by atoms with Crippen molar-refractivity contribution in [2.75, 3.05) is 5.54 Å². The molecule has 1 N–H and O–H groups in total. The summed E-state index contributed by atoms with van der Waals surface area (Å²) in [6.07, 6.45) is 1.72. The molecule has 2 heteroatoms. The zero-order chi connectivity index (χ0) is 8.97. The van der Waals surface area contributed by atoms with Gasteiger partial charge in [0.2, 0.25) is 0 Å². The smallest absolute Gasteiger partial charge is 0.0719 e. The molecule has 0 heterocycles. The molecular weight excluding hydrogens is 153 g/mol. The number of para-hydroxylation sites is 1. The molecule has 1 rings (SSSR count). The molecule has 0 saturated carbocycles. The molecule has 12 heavy (non-hydrogen) atoms. The van der Waals surface area contributed by atoms with Crippen LogP contribution in [-0.4, -0.2) is 0 Å². The predicted octanol–water partition coefficient (Wildman–Crippen LogP) is 3.11. The number of hydrogen-bond donors (Lipinski definition) is 1. The number of nitrogens with one attached hydrogen (secondary N) is 1. The standard InChI is InChI=1S/C10H14FN/c1-3-8-6-5-7-9(4-2)10(8)12-11/h5-7,12H,3-4H2,1-2H3. The maximum atomic E-state index is 12.4. The van der Waals surface area contributed by atoms with Gasteiger partial charge < -0.3 is 0 Å². The molecule has 0 atom stereocenters. The van der Waals surface area contributed by atoms with Crippen LogP contribution in [0.5, 0.6) is 0 Å². The molecule has 0 aliphatic heterocycles. The fraction of sp³-hybridized carbons (Fsp3) is 0.400. The van der Waals surface area contributed by atoms with E-state index in [2.05, 4.69) is 0 Å². The molecule has 0 bridgehead atoms. The van der Waals surface area contributed by atoms with Crippen molar-refractivity contribution in [3.05, 3.63) is 29.3 Å². The molecule has 66 valence electrons. The molecule has 0 aliphatic carbocycles. The van der Waals surface area contributed by atoms with E-state index in [0.29, 0.717) is 5.69 Å². The van der Waals surface area contributed by atoms with Crippen LogP contribution in [-0.2, 0) is 12.8 Å². The summed E-state index contributed by atoms with van der Waals surface area (Å²) in [5.74, 6) is 0. The van der Waals surface area contributed by atoms with Crippen LogP contribution >= 0.6 is 0 Å². The van der Waals surface area contributed by atoms with Crippen molar-refractivity contribution >= 4 is 5.69 Å². The van der Waals surface area contributed by atoms with E-state index in [1.54, 1.807) is 5.54 Å². The lowest BCUT2D eigenvalue weighted by Gasteiger charge is -2.08. The first-order valence-electron chi connectivity index (χ1n) is 4.30. The van der Waals surface area contributed by atoms with Crippen LogP contribution in [0.4, 0.5) is 10.2 Å². The van der Waals surface area contributed by atoms with Gasteiger partial charge in [0, 0.05) is 0 Å². The highest BCUT2D eigenvalue weighted by Gasteiger charge is 2.03. The fourth-order valence-electron chi connectivity index (χ4n) is 1.36. The Morgan fingerprint density at radius 3 is 2.00 bits per heavy atom. The lowest BCUT2D eigenvalue weighted by atomic mass is 10.0. The summed E-state index contributed by atoms with van der Waals surface area (Å²) in [6, 6.07) is 5.86. The summed E-state index contributed by atoms with van der Waals surface area (Å²) in [7, 11) is 0. The predicted molar refractivity (Wildman–Crippen MR) is 49.9 cm³/mol. The number of anilines is 1. The van der Waals surface area contributed by atoms with E-state index < -0.39 is 0 Å². The molecule has 0 aliphatic rings. The van der Waals surface area contributed by atoms with Crippen molar-refractivity contribution < 1.29 is 4.48 Å². The average molecular weight is 167 g/mol. The second kappa shape index (κ2) is 4.10. The molecule has 0 spiro atoms. The third-order valence-corrected chi connectivity index (χ3v) is 2.09. The SMILES string of the molecule is CCc1cccc(CC)c1NF. The Kier molecular flexibility index (Phi) is 3.09. The summed E-state index contributed by atoms with van der Waals surface area (Å²) >= 11 is 0. The monoisotopic (exact) mass is 167 g/mol. The molecule has 1 aromatic rings. The third-order valence-electron chi connectivity index (χ3n) is 2.09. The summed E-state index contributed by atoms with van der Waals surface area (Å²) in [5, 5.41) is 0. The van der Waals surface area contributed by atoms with Gasteiger partial charge in [0.05, 0.1) is 5.69 Å². The molecule has 1 aromatic carbocycles. The second-order valence-electron chi connectivity index (χ2n) is 2.75. The van der Waals surface area contributed by atoms with E-state index in [1.807, 2.05) is 32.0 Å². The Bertz CT molecular complexity index is 236. The van der Waals surface area contributed by atoms with Crippen molar-refractivity contribution in [2.45, 2.75) is 26.7 Å². The summed E-state index contributed by atoms with van der Waals surface area (Å²) in [6.45, 7) is 4.05. The van der Waals surface area contributed by atoms with Crippen LogP contribution in [0, 0.1) is 0 Å².